The molecule has 9 nitrogen and oxygen atoms in total. The van der Waals surface area contributed by atoms with Crippen LogP contribution in [0.1, 0.15) is 75.9 Å². The Kier molecular flexibility index (Phi) is 7.15. The maximum absolute atomic E-state index is 14.4. The van der Waals surface area contributed by atoms with Crippen molar-refractivity contribution in [1.29, 1.82) is 0 Å². The summed E-state index contributed by atoms with van der Waals surface area (Å²) in [6, 6.07) is 2.29. The van der Waals surface area contributed by atoms with Gasteiger partial charge in [-0.1, -0.05) is 6.92 Å². The van der Waals surface area contributed by atoms with Crippen LogP contribution >= 0.6 is 0 Å². The maximum Gasteiger partial charge on any atom is 0.151 e. The molecular weight excluding hydrogens is 473 g/mol. The highest BCUT2D eigenvalue weighted by Gasteiger charge is 2.42. The summed E-state index contributed by atoms with van der Waals surface area (Å²) in [7, 11) is 0. The molecule has 37 heavy (non-hydrogen) atoms. The predicted octanol–water partition coefficient (Wildman–Crippen LogP) is 3.69. The number of hydrogen-bond acceptors (Lipinski definition) is 8. The largest absolute Gasteiger partial charge is 0.376 e. The summed E-state index contributed by atoms with van der Waals surface area (Å²) >= 11 is 0. The molecule has 0 unspecified atom stereocenters. The van der Waals surface area contributed by atoms with E-state index in [4.69, 9.17) is 19.6 Å². The molecule has 1 N–H and O–H groups in total. The Morgan fingerprint density at radius 2 is 1.92 bits per heavy atom. The summed E-state index contributed by atoms with van der Waals surface area (Å²) in [5.41, 5.74) is 0.533. The lowest BCUT2D eigenvalue weighted by atomic mass is 9.72. The highest BCUT2D eigenvalue weighted by Crippen LogP contribution is 2.41. The molecular formula is C27H40FN7O2. The second kappa shape index (κ2) is 10.5. The van der Waals surface area contributed by atoms with E-state index in [1.165, 1.54) is 12.8 Å². The number of anilines is 1. The minimum atomic E-state index is -0.258. The van der Waals surface area contributed by atoms with E-state index in [1.807, 2.05) is 10.7 Å². The van der Waals surface area contributed by atoms with Crippen molar-refractivity contribution in [1.82, 2.24) is 29.9 Å². The van der Waals surface area contributed by atoms with Crippen molar-refractivity contribution in [3.05, 3.63) is 23.9 Å². The zero-order chi connectivity index (χ0) is 25.3. The van der Waals surface area contributed by atoms with Crippen molar-refractivity contribution < 1.29 is 13.9 Å². The monoisotopic (exact) mass is 513 g/mol. The van der Waals surface area contributed by atoms with E-state index in [-0.39, 0.29) is 23.7 Å². The Bertz CT molecular complexity index is 1050. The molecule has 0 radical (unpaired) electrons. The highest BCUT2D eigenvalue weighted by molar-refractivity contribution is 5.44. The van der Waals surface area contributed by atoms with Gasteiger partial charge in [-0.3, -0.25) is 4.39 Å². The Labute approximate surface area is 218 Å². The fourth-order valence-corrected chi connectivity index (χ4v) is 6.27. The number of piperidine rings is 1. The zero-order valence-electron chi connectivity index (χ0n) is 22.0. The molecule has 2 aromatic heterocycles. The molecule has 2 aromatic rings. The van der Waals surface area contributed by atoms with E-state index >= 15 is 0 Å². The molecule has 2 aliphatic heterocycles. The third-order valence-corrected chi connectivity index (χ3v) is 8.83. The van der Waals surface area contributed by atoms with E-state index in [0.717, 1.165) is 87.7 Å². The van der Waals surface area contributed by atoms with Gasteiger partial charge in [-0.15, -0.1) is 5.10 Å². The number of ether oxygens (including phenoxy) is 2. The van der Waals surface area contributed by atoms with Gasteiger partial charge in [-0.2, -0.15) is 10.2 Å². The molecule has 10 heteroatoms. The summed E-state index contributed by atoms with van der Waals surface area (Å²) in [6.45, 7) is 6.66. The van der Waals surface area contributed by atoms with Gasteiger partial charge in [0.05, 0.1) is 44.0 Å². The Morgan fingerprint density at radius 1 is 1.11 bits per heavy atom. The zero-order valence-corrected chi connectivity index (χ0v) is 22.0. The number of rotatable bonds is 8. The van der Waals surface area contributed by atoms with Gasteiger partial charge in [0.1, 0.15) is 5.82 Å². The number of nitrogens with zero attached hydrogens (tertiary/aromatic N) is 6. The van der Waals surface area contributed by atoms with Crippen LogP contribution in [0.2, 0.25) is 0 Å². The van der Waals surface area contributed by atoms with Crippen LogP contribution in [0.3, 0.4) is 0 Å². The van der Waals surface area contributed by atoms with Gasteiger partial charge >= 0.3 is 0 Å². The second-order valence-electron chi connectivity index (χ2n) is 11.6. The van der Waals surface area contributed by atoms with E-state index in [2.05, 4.69) is 27.3 Å². The number of likely N-dealkylation sites (tertiary alicyclic amines) is 1. The summed E-state index contributed by atoms with van der Waals surface area (Å²) in [5, 5.41) is 16.9. The fourth-order valence-electron chi connectivity index (χ4n) is 6.27. The molecule has 6 rings (SSSR count). The van der Waals surface area contributed by atoms with Gasteiger partial charge in [-0.25, -0.2) is 9.67 Å². The third kappa shape index (κ3) is 5.52. The lowest BCUT2D eigenvalue weighted by Gasteiger charge is -2.47. The summed E-state index contributed by atoms with van der Waals surface area (Å²) < 4.78 is 28.1. The van der Waals surface area contributed by atoms with Crippen LogP contribution in [-0.4, -0.2) is 87.6 Å². The predicted molar refractivity (Wildman–Crippen MR) is 138 cm³/mol. The van der Waals surface area contributed by atoms with Crippen LogP contribution in [-0.2, 0) is 15.9 Å². The first-order valence-corrected chi connectivity index (χ1v) is 14.1. The van der Waals surface area contributed by atoms with Gasteiger partial charge in [0, 0.05) is 49.5 Å². The van der Waals surface area contributed by atoms with Crippen LogP contribution in [0.25, 0.3) is 5.69 Å². The maximum atomic E-state index is 14.4. The molecule has 4 aliphatic rings. The van der Waals surface area contributed by atoms with Crippen molar-refractivity contribution in [2.45, 2.75) is 82.3 Å². The fraction of sp³-hybridized carbons (Fsp3) is 0.778. The van der Waals surface area contributed by atoms with Crippen LogP contribution in [0.5, 0.6) is 0 Å². The first-order chi connectivity index (χ1) is 18.1. The van der Waals surface area contributed by atoms with E-state index in [9.17, 15) is 4.39 Å². The van der Waals surface area contributed by atoms with Crippen molar-refractivity contribution >= 4 is 5.82 Å². The second-order valence-corrected chi connectivity index (χ2v) is 11.6. The molecule has 4 heterocycles. The summed E-state index contributed by atoms with van der Waals surface area (Å²) in [6.07, 6.45) is 10.5. The number of nitrogens with one attached hydrogen (secondary N) is 1. The Morgan fingerprint density at radius 3 is 2.59 bits per heavy atom. The summed E-state index contributed by atoms with van der Waals surface area (Å²) in [4.78, 5) is 7.19. The van der Waals surface area contributed by atoms with Crippen molar-refractivity contribution in [3.8, 4) is 5.69 Å². The number of halogens is 1. The minimum Gasteiger partial charge on any atom is -0.376 e. The molecule has 4 fully saturated rings. The molecule has 0 atom stereocenters. The smallest absolute Gasteiger partial charge is 0.151 e. The standard InChI is InChI=1S/C27H40FN7O2/c1-2-23-31-25(20-3-4-20)35(33-23)22-15-24(32-29-16-22)30-21-5-7-26(17-28,8-6-21)18-34-11-9-27(10-12-34)19-36-13-14-37-27/h15-16,20-21H,2-14,17-19H2,1H3,(H,30,32). The van der Waals surface area contributed by atoms with E-state index < -0.39 is 0 Å². The minimum absolute atomic E-state index is 0.113. The van der Waals surface area contributed by atoms with Crippen molar-refractivity contribution in [2.24, 2.45) is 5.41 Å². The molecule has 2 aliphatic carbocycles. The normalized spacial score (nSPS) is 28.4. The number of aryl methyl sites for hydroxylation is 1. The molecule has 0 aromatic carbocycles. The SMILES string of the molecule is CCc1nc(C2CC2)n(-c2cnnc(NC3CCC(CF)(CN4CCC5(CC4)COCCO5)CC3)c2)n1. The van der Waals surface area contributed by atoms with Crippen LogP contribution in [0.15, 0.2) is 12.3 Å². The van der Waals surface area contributed by atoms with Crippen LogP contribution in [0.4, 0.5) is 10.2 Å². The molecule has 2 saturated carbocycles. The van der Waals surface area contributed by atoms with Crippen LogP contribution in [0, 0.1) is 5.41 Å². The lowest BCUT2D eigenvalue weighted by Crippen LogP contribution is -2.54. The topological polar surface area (TPSA) is 90.2 Å². The average Bonchev–Trinajstić information content (AvgIpc) is 3.70. The third-order valence-electron chi connectivity index (χ3n) is 8.83. The number of hydrogen-bond donors (Lipinski definition) is 1. The molecule has 1 spiro atoms. The molecule has 2 saturated heterocycles. The van der Waals surface area contributed by atoms with Gasteiger partial charge in [0.15, 0.2) is 11.6 Å². The number of aromatic nitrogens is 5. The first-order valence-electron chi connectivity index (χ1n) is 14.1. The van der Waals surface area contributed by atoms with E-state index in [1.54, 1.807) is 6.20 Å². The Balaban J connectivity index is 1.05. The van der Waals surface area contributed by atoms with Gasteiger partial charge in [-0.05, 0) is 51.4 Å². The highest BCUT2D eigenvalue weighted by atomic mass is 19.1. The number of alkyl halides is 1. The average molecular weight is 514 g/mol. The van der Waals surface area contributed by atoms with Crippen molar-refractivity contribution in [3.63, 3.8) is 0 Å². The van der Waals surface area contributed by atoms with Gasteiger partial charge in [0.25, 0.3) is 0 Å². The van der Waals surface area contributed by atoms with Crippen molar-refractivity contribution in [2.75, 3.05) is 51.4 Å². The Hall–Kier alpha value is -2.17. The quantitative estimate of drug-likeness (QED) is 0.572. The molecule has 0 amide bonds. The van der Waals surface area contributed by atoms with E-state index in [0.29, 0.717) is 25.7 Å². The molecule has 202 valence electrons. The summed E-state index contributed by atoms with van der Waals surface area (Å²) in [5.74, 6) is 3.15. The van der Waals surface area contributed by atoms with Gasteiger partial charge < -0.3 is 19.7 Å². The molecule has 0 bridgehead atoms. The van der Waals surface area contributed by atoms with Gasteiger partial charge in [0.2, 0.25) is 0 Å². The first kappa shape index (κ1) is 25.1. The van der Waals surface area contributed by atoms with Crippen LogP contribution < -0.4 is 5.32 Å². The lowest BCUT2D eigenvalue weighted by molar-refractivity contribution is -0.178.